The maximum absolute atomic E-state index is 13.8. The molecule has 0 bridgehead atoms. The van der Waals surface area contributed by atoms with Gasteiger partial charge in [0.25, 0.3) is 0 Å². The number of fused-ring (bicyclic) bond motifs is 9. The van der Waals surface area contributed by atoms with E-state index in [0.29, 0.717) is 0 Å². The summed E-state index contributed by atoms with van der Waals surface area (Å²) in [5, 5.41) is 4.94. The van der Waals surface area contributed by atoms with Gasteiger partial charge in [-0.05, 0) is 88.0 Å². The number of nitrogens with zero attached hydrogens (tertiary/aromatic N) is 2. The summed E-state index contributed by atoms with van der Waals surface area (Å²) in [6.45, 7) is 4.43. The van der Waals surface area contributed by atoms with Gasteiger partial charge in [0, 0.05) is 49.5 Å². The first-order valence-corrected chi connectivity index (χ1v) is 19.0. The molecule has 2 heterocycles. The average Bonchev–Trinajstić information content (AvgIpc) is 3.76. The first-order valence-electron chi connectivity index (χ1n) is 19.0. The largest absolute Gasteiger partial charge is 0.309 e. The van der Waals surface area contributed by atoms with Gasteiger partial charge in [0.15, 0.2) is 5.78 Å². The van der Waals surface area contributed by atoms with E-state index in [0.717, 1.165) is 55.9 Å². The molecule has 11 rings (SSSR count). The van der Waals surface area contributed by atoms with Gasteiger partial charge >= 0.3 is 0 Å². The van der Waals surface area contributed by atoms with E-state index in [1.165, 1.54) is 43.6 Å². The van der Waals surface area contributed by atoms with Crippen LogP contribution in [-0.4, -0.2) is 14.9 Å². The Morgan fingerprint density at radius 2 is 1.00 bits per heavy atom. The van der Waals surface area contributed by atoms with Crippen LogP contribution < -0.4 is 0 Å². The van der Waals surface area contributed by atoms with Crippen LogP contribution in [0.1, 0.15) is 40.9 Å². The number of hydrogen-bond donors (Lipinski definition) is 0. The number of rotatable bonds is 4. The molecule has 8 aromatic carbocycles. The van der Waals surface area contributed by atoms with E-state index in [2.05, 4.69) is 187 Å². The van der Waals surface area contributed by atoms with E-state index in [1.54, 1.807) is 0 Å². The molecule has 0 aliphatic heterocycles. The lowest BCUT2D eigenvalue weighted by Gasteiger charge is -2.34. The topological polar surface area (TPSA) is 26.9 Å². The van der Waals surface area contributed by atoms with Crippen molar-refractivity contribution in [2.24, 2.45) is 0 Å². The van der Waals surface area contributed by atoms with Crippen LogP contribution in [0.5, 0.6) is 0 Å². The summed E-state index contributed by atoms with van der Waals surface area (Å²) in [5.74, 6) is 0.0998. The highest BCUT2D eigenvalue weighted by Gasteiger charge is 2.36. The minimum atomic E-state index is -0.254. The molecule has 0 fully saturated rings. The molecule has 0 atom stereocenters. The zero-order valence-corrected chi connectivity index (χ0v) is 30.6. The molecule has 0 spiro atoms. The van der Waals surface area contributed by atoms with Crippen molar-refractivity contribution < 1.29 is 4.79 Å². The van der Waals surface area contributed by atoms with Gasteiger partial charge in [0.2, 0.25) is 0 Å². The monoisotopic (exact) mass is 704 g/mol. The van der Waals surface area contributed by atoms with Crippen LogP contribution in [0.4, 0.5) is 0 Å². The molecule has 10 aromatic rings. The fraction of sp³-hybridized carbons (Fsp3) is 0.0577. The molecule has 3 nitrogen and oxygen atoms in total. The van der Waals surface area contributed by atoms with Crippen LogP contribution in [0.2, 0.25) is 0 Å². The minimum absolute atomic E-state index is 0.0998. The van der Waals surface area contributed by atoms with Gasteiger partial charge in [-0.2, -0.15) is 0 Å². The normalized spacial score (nSPS) is 13.5. The maximum atomic E-state index is 13.8. The number of carbonyl (C=O) groups excluding carboxylic acids is 1. The molecule has 0 saturated carbocycles. The molecular weight excluding hydrogens is 669 g/mol. The first-order chi connectivity index (χ1) is 27.0. The minimum Gasteiger partial charge on any atom is -0.309 e. The molecule has 0 amide bonds. The first kappa shape index (κ1) is 31.5. The third kappa shape index (κ3) is 4.60. The van der Waals surface area contributed by atoms with Crippen molar-refractivity contribution in [1.82, 2.24) is 9.13 Å². The van der Waals surface area contributed by atoms with Gasteiger partial charge in [0.05, 0.1) is 22.1 Å². The Hall–Kier alpha value is -6.97. The summed E-state index contributed by atoms with van der Waals surface area (Å²) < 4.78 is 4.85. The SMILES string of the molecule is CC1(C)c2ccccc2C(=O)c2cc(-c3cccc(-c4cccc(-n5c6ccccc6c6ccc7c(c8ccccc8n7-c7ccccc7)c65)c4)c3)ccc21. The second-order valence-corrected chi connectivity index (χ2v) is 15.3. The molecule has 55 heavy (non-hydrogen) atoms. The van der Waals surface area contributed by atoms with Gasteiger partial charge in [-0.1, -0.05) is 141 Å². The van der Waals surface area contributed by atoms with Crippen LogP contribution in [0.15, 0.2) is 182 Å². The predicted molar refractivity (Wildman–Crippen MR) is 228 cm³/mol. The van der Waals surface area contributed by atoms with E-state index in [4.69, 9.17) is 0 Å². The van der Waals surface area contributed by atoms with Gasteiger partial charge in [0.1, 0.15) is 0 Å². The lowest BCUT2D eigenvalue weighted by Crippen LogP contribution is -2.30. The molecule has 0 radical (unpaired) electrons. The zero-order chi connectivity index (χ0) is 36.8. The predicted octanol–water partition coefficient (Wildman–Crippen LogP) is 13.1. The van der Waals surface area contributed by atoms with E-state index in [-0.39, 0.29) is 11.2 Å². The van der Waals surface area contributed by atoms with E-state index < -0.39 is 0 Å². The molecule has 2 aromatic heterocycles. The summed E-state index contributed by atoms with van der Waals surface area (Å²) >= 11 is 0. The highest BCUT2D eigenvalue weighted by molar-refractivity contribution is 6.26. The highest BCUT2D eigenvalue weighted by Crippen LogP contribution is 2.44. The van der Waals surface area contributed by atoms with Gasteiger partial charge < -0.3 is 9.13 Å². The van der Waals surface area contributed by atoms with Crippen molar-refractivity contribution in [1.29, 1.82) is 0 Å². The third-order valence-corrected chi connectivity index (χ3v) is 11.9. The van der Waals surface area contributed by atoms with E-state index in [9.17, 15) is 4.79 Å². The molecule has 1 aliphatic carbocycles. The van der Waals surface area contributed by atoms with Crippen LogP contribution in [0, 0.1) is 0 Å². The van der Waals surface area contributed by atoms with Crippen molar-refractivity contribution in [3.05, 3.63) is 204 Å². The summed E-state index contributed by atoms with van der Waals surface area (Å²) in [6.07, 6.45) is 0. The maximum Gasteiger partial charge on any atom is 0.193 e. The number of benzene rings is 8. The number of para-hydroxylation sites is 3. The molecular formula is C52H36N2O. The van der Waals surface area contributed by atoms with Gasteiger partial charge in [-0.3, -0.25) is 4.79 Å². The third-order valence-electron chi connectivity index (χ3n) is 11.9. The van der Waals surface area contributed by atoms with Crippen molar-refractivity contribution in [2.75, 3.05) is 0 Å². The smallest absolute Gasteiger partial charge is 0.193 e. The van der Waals surface area contributed by atoms with Crippen molar-refractivity contribution >= 4 is 49.4 Å². The Morgan fingerprint density at radius 1 is 0.400 bits per heavy atom. The van der Waals surface area contributed by atoms with Crippen molar-refractivity contribution in [2.45, 2.75) is 19.3 Å². The van der Waals surface area contributed by atoms with E-state index >= 15 is 0 Å². The van der Waals surface area contributed by atoms with Crippen molar-refractivity contribution in [3.8, 4) is 33.6 Å². The lowest BCUT2D eigenvalue weighted by atomic mass is 9.68. The van der Waals surface area contributed by atoms with Crippen LogP contribution in [-0.2, 0) is 5.41 Å². The lowest BCUT2D eigenvalue weighted by molar-refractivity contribution is 0.103. The molecule has 0 N–H and O–H groups in total. The summed E-state index contributed by atoms with van der Waals surface area (Å²) in [7, 11) is 0. The highest BCUT2D eigenvalue weighted by atomic mass is 16.1. The second kappa shape index (κ2) is 11.8. The Bertz CT molecular complexity index is 3200. The molecule has 0 unspecified atom stereocenters. The number of ketones is 1. The van der Waals surface area contributed by atoms with Crippen LogP contribution >= 0.6 is 0 Å². The van der Waals surface area contributed by atoms with E-state index in [1.807, 2.05) is 18.2 Å². The molecule has 260 valence electrons. The Balaban J connectivity index is 1.08. The Labute approximate surface area is 319 Å². The summed E-state index contributed by atoms with van der Waals surface area (Å²) in [6, 6.07) is 64.9. The number of aromatic nitrogens is 2. The van der Waals surface area contributed by atoms with Crippen LogP contribution in [0.3, 0.4) is 0 Å². The molecule has 1 aliphatic rings. The summed E-state index contributed by atoms with van der Waals surface area (Å²) in [4.78, 5) is 13.8. The fourth-order valence-electron chi connectivity index (χ4n) is 9.31. The molecule has 0 saturated heterocycles. The van der Waals surface area contributed by atoms with Gasteiger partial charge in [-0.25, -0.2) is 0 Å². The number of carbonyl (C=O) groups is 1. The standard InChI is InChI=1S/C52H36N2O/c1-52(2)44-23-9-6-21-41(44)51(55)43-32-36(26-28-45(43)52)34-15-12-14-33(30-34)35-16-13-19-38(31-35)54-46-24-10-7-20-39(46)40-27-29-48-49(50(40)54)42-22-8-11-25-47(42)53(48)37-17-4-3-5-18-37/h3-32H,1-2H3. The summed E-state index contributed by atoms with van der Waals surface area (Å²) in [5.41, 5.74) is 14.9. The Morgan fingerprint density at radius 3 is 1.80 bits per heavy atom. The van der Waals surface area contributed by atoms with Crippen molar-refractivity contribution in [3.63, 3.8) is 0 Å². The zero-order valence-electron chi connectivity index (χ0n) is 30.6. The second-order valence-electron chi connectivity index (χ2n) is 15.3. The average molecular weight is 705 g/mol. The fourth-order valence-corrected chi connectivity index (χ4v) is 9.31. The quantitative estimate of drug-likeness (QED) is 0.179. The molecule has 3 heteroatoms. The van der Waals surface area contributed by atoms with Crippen LogP contribution in [0.25, 0.3) is 77.2 Å². The number of hydrogen-bond acceptors (Lipinski definition) is 1. The Kier molecular flexibility index (Phi) is 6.75. The van der Waals surface area contributed by atoms with Gasteiger partial charge in [-0.15, -0.1) is 0 Å².